The van der Waals surface area contributed by atoms with Crippen LogP contribution in [0.15, 0.2) is 4.99 Å². The number of carbonyl (C=O) groups is 1. The predicted molar refractivity (Wildman–Crippen MR) is 94.2 cm³/mol. The van der Waals surface area contributed by atoms with Gasteiger partial charge >= 0.3 is 5.97 Å². The lowest BCUT2D eigenvalue weighted by Gasteiger charge is -2.33. The molecule has 1 aliphatic heterocycles. The van der Waals surface area contributed by atoms with Crippen LogP contribution in [0.3, 0.4) is 0 Å². The third-order valence-corrected chi connectivity index (χ3v) is 3.29. The molecule has 1 rings (SSSR count). The molecule has 1 atom stereocenters. The van der Waals surface area contributed by atoms with Crippen LogP contribution in [0.25, 0.3) is 0 Å². The van der Waals surface area contributed by atoms with Crippen molar-refractivity contribution in [2.24, 2.45) is 10.9 Å². The minimum absolute atomic E-state index is 0. The number of carbonyl (C=O) groups excluding carboxylic acids is 1. The highest BCUT2D eigenvalue weighted by atomic mass is 127. The van der Waals surface area contributed by atoms with E-state index in [2.05, 4.69) is 15.2 Å². The molecule has 1 unspecified atom stereocenters. The summed E-state index contributed by atoms with van der Waals surface area (Å²) in [6.45, 7) is 7.95. The minimum atomic E-state index is -0.0954. The number of hydrogen-bond acceptors (Lipinski definition) is 4. The van der Waals surface area contributed by atoms with Crippen molar-refractivity contribution < 1.29 is 14.3 Å². The quantitative estimate of drug-likeness (QED) is 0.235. The van der Waals surface area contributed by atoms with Gasteiger partial charge in [-0.3, -0.25) is 9.79 Å². The highest BCUT2D eigenvalue weighted by Gasteiger charge is 2.28. The summed E-state index contributed by atoms with van der Waals surface area (Å²) in [5, 5.41) is 3.26. The zero-order valence-corrected chi connectivity index (χ0v) is 15.6. The molecule has 6 nitrogen and oxygen atoms in total. The van der Waals surface area contributed by atoms with E-state index in [0.29, 0.717) is 19.8 Å². The number of halogens is 1. The fourth-order valence-corrected chi connectivity index (χ4v) is 2.33. The van der Waals surface area contributed by atoms with Crippen LogP contribution in [-0.2, 0) is 14.3 Å². The lowest BCUT2D eigenvalue weighted by atomic mass is 9.98. The number of hydrogen-bond donors (Lipinski definition) is 1. The van der Waals surface area contributed by atoms with Gasteiger partial charge in [-0.05, 0) is 26.7 Å². The second-order valence-corrected chi connectivity index (χ2v) is 4.71. The third kappa shape index (κ3) is 7.30. The number of piperidine rings is 1. The molecule has 0 radical (unpaired) electrons. The smallest absolute Gasteiger partial charge is 0.310 e. The highest BCUT2D eigenvalue weighted by molar-refractivity contribution is 14.0. The Balaban J connectivity index is 0.00000400. The van der Waals surface area contributed by atoms with Crippen LogP contribution in [0, 0.1) is 5.92 Å². The van der Waals surface area contributed by atoms with Crippen LogP contribution in [0.4, 0.5) is 0 Å². The third-order valence-electron chi connectivity index (χ3n) is 3.29. The van der Waals surface area contributed by atoms with E-state index in [1.165, 1.54) is 0 Å². The summed E-state index contributed by atoms with van der Waals surface area (Å²) in [6.07, 6.45) is 1.88. The van der Waals surface area contributed by atoms with Crippen LogP contribution in [0.1, 0.15) is 26.7 Å². The molecule has 0 aliphatic carbocycles. The van der Waals surface area contributed by atoms with Gasteiger partial charge in [-0.15, -0.1) is 24.0 Å². The Morgan fingerprint density at radius 2 is 2.14 bits per heavy atom. The fraction of sp³-hybridized carbons (Fsp3) is 0.857. The summed E-state index contributed by atoms with van der Waals surface area (Å²) < 4.78 is 10.4. The Bertz CT molecular complexity index is 327. The van der Waals surface area contributed by atoms with Gasteiger partial charge in [-0.1, -0.05) is 0 Å². The number of rotatable bonds is 6. The Morgan fingerprint density at radius 1 is 1.38 bits per heavy atom. The molecule has 1 N–H and O–H groups in total. The molecule has 1 saturated heterocycles. The van der Waals surface area contributed by atoms with E-state index in [1.54, 1.807) is 7.05 Å². The summed E-state index contributed by atoms with van der Waals surface area (Å²) >= 11 is 0. The molecule has 0 spiro atoms. The molecule has 0 bridgehead atoms. The molecule has 0 aromatic rings. The maximum atomic E-state index is 11.8. The van der Waals surface area contributed by atoms with E-state index in [-0.39, 0.29) is 35.9 Å². The molecule has 1 heterocycles. The van der Waals surface area contributed by atoms with E-state index in [1.807, 2.05) is 13.8 Å². The second kappa shape index (κ2) is 12.0. The SMILES string of the molecule is CCOCCNC(=NC)N1CCCC(C(=O)OCC)C1.I. The molecule has 0 amide bonds. The molecule has 7 heteroatoms. The number of guanidine groups is 1. The number of nitrogens with zero attached hydrogens (tertiary/aromatic N) is 2. The summed E-state index contributed by atoms with van der Waals surface area (Å²) in [4.78, 5) is 18.2. The van der Waals surface area contributed by atoms with E-state index >= 15 is 0 Å². The van der Waals surface area contributed by atoms with Gasteiger partial charge in [0.05, 0.1) is 19.1 Å². The van der Waals surface area contributed by atoms with Gasteiger partial charge in [-0.2, -0.15) is 0 Å². The molecule has 0 aromatic carbocycles. The van der Waals surface area contributed by atoms with E-state index in [4.69, 9.17) is 9.47 Å². The number of nitrogens with one attached hydrogen (secondary N) is 1. The molecule has 0 saturated carbocycles. The predicted octanol–water partition coefficient (Wildman–Crippen LogP) is 1.49. The molecule has 21 heavy (non-hydrogen) atoms. The van der Waals surface area contributed by atoms with Crippen LogP contribution >= 0.6 is 24.0 Å². The summed E-state index contributed by atoms with van der Waals surface area (Å²) in [7, 11) is 1.76. The van der Waals surface area contributed by atoms with Crippen LogP contribution in [-0.4, -0.2) is 63.3 Å². The van der Waals surface area contributed by atoms with Crippen molar-refractivity contribution in [1.82, 2.24) is 10.2 Å². The van der Waals surface area contributed by atoms with E-state index in [0.717, 1.165) is 38.5 Å². The van der Waals surface area contributed by atoms with Crippen LogP contribution in [0.5, 0.6) is 0 Å². The first-order chi connectivity index (χ1) is 9.72. The Kier molecular flexibility index (Phi) is 11.7. The largest absolute Gasteiger partial charge is 0.466 e. The van der Waals surface area contributed by atoms with Crippen molar-refractivity contribution in [3.8, 4) is 0 Å². The van der Waals surface area contributed by atoms with Crippen molar-refractivity contribution in [1.29, 1.82) is 0 Å². The minimum Gasteiger partial charge on any atom is -0.466 e. The van der Waals surface area contributed by atoms with Crippen molar-refractivity contribution in [2.45, 2.75) is 26.7 Å². The van der Waals surface area contributed by atoms with Crippen LogP contribution < -0.4 is 5.32 Å². The second-order valence-electron chi connectivity index (χ2n) is 4.71. The maximum Gasteiger partial charge on any atom is 0.310 e. The first kappa shape index (κ1) is 20.4. The van der Waals surface area contributed by atoms with Crippen molar-refractivity contribution in [2.75, 3.05) is 46.5 Å². The van der Waals surface area contributed by atoms with E-state index in [9.17, 15) is 4.79 Å². The summed E-state index contributed by atoms with van der Waals surface area (Å²) in [5.41, 5.74) is 0. The molecule has 0 aromatic heterocycles. The molecular weight excluding hydrogens is 385 g/mol. The standard InChI is InChI=1S/C14H27N3O3.HI/c1-4-19-10-8-16-14(15-3)17-9-6-7-12(11-17)13(18)20-5-2;/h12H,4-11H2,1-3H3,(H,15,16);1H. The van der Waals surface area contributed by atoms with Crippen molar-refractivity contribution in [3.63, 3.8) is 0 Å². The number of esters is 1. The first-order valence-electron chi connectivity index (χ1n) is 7.42. The Morgan fingerprint density at radius 3 is 2.76 bits per heavy atom. The number of ether oxygens (including phenoxy) is 2. The van der Waals surface area contributed by atoms with Crippen molar-refractivity contribution in [3.05, 3.63) is 0 Å². The highest BCUT2D eigenvalue weighted by Crippen LogP contribution is 2.17. The average Bonchev–Trinajstić information content (AvgIpc) is 2.48. The average molecular weight is 413 g/mol. The van der Waals surface area contributed by atoms with Gasteiger partial charge in [-0.25, -0.2) is 0 Å². The topological polar surface area (TPSA) is 63.2 Å². The van der Waals surface area contributed by atoms with Crippen LogP contribution in [0.2, 0.25) is 0 Å². The first-order valence-corrected chi connectivity index (χ1v) is 7.42. The van der Waals surface area contributed by atoms with E-state index < -0.39 is 0 Å². The van der Waals surface area contributed by atoms with Crippen molar-refractivity contribution >= 4 is 35.9 Å². The molecule has 1 fully saturated rings. The molecule has 124 valence electrons. The van der Waals surface area contributed by atoms with Gasteiger partial charge in [0.2, 0.25) is 0 Å². The summed E-state index contributed by atoms with van der Waals surface area (Å²) in [5.74, 6) is 0.690. The lowest BCUT2D eigenvalue weighted by molar-refractivity contribution is -0.149. The fourth-order valence-electron chi connectivity index (χ4n) is 2.33. The molecular formula is C14H28IN3O3. The van der Waals surface area contributed by atoms with Gasteiger partial charge in [0.15, 0.2) is 5.96 Å². The normalized spacial score (nSPS) is 18.9. The number of aliphatic imine (C=N–C) groups is 1. The molecule has 1 aliphatic rings. The zero-order valence-electron chi connectivity index (χ0n) is 13.3. The Hall–Kier alpha value is -0.570. The monoisotopic (exact) mass is 413 g/mol. The van der Waals surface area contributed by atoms with Gasteiger partial charge in [0.1, 0.15) is 0 Å². The summed E-state index contributed by atoms with van der Waals surface area (Å²) in [6, 6.07) is 0. The number of likely N-dealkylation sites (tertiary alicyclic amines) is 1. The Labute approximate surface area is 144 Å². The lowest BCUT2D eigenvalue weighted by Crippen LogP contribution is -2.48. The van der Waals surface area contributed by atoms with Gasteiger partial charge in [0.25, 0.3) is 0 Å². The van der Waals surface area contributed by atoms with Gasteiger partial charge in [0, 0.05) is 33.3 Å². The maximum absolute atomic E-state index is 11.8. The van der Waals surface area contributed by atoms with Gasteiger partial charge < -0.3 is 19.7 Å². The zero-order chi connectivity index (χ0) is 14.8.